The number of aliphatic hydroxyl groups is 2. The van der Waals surface area contributed by atoms with Crippen molar-refractivity contribution in [3.63, 3.8) is 0 Å². The van der Waals surface area contributed by atoms with E-state index in [2.05, 4.69) is 0 Å². The van der Waals surface area contributed by atoms with Gasteiger partial charge in [-0.25, -0.2) is 9.36 Å². The second-order valence-corrected chi connectivity index (χ2v) is 6.19. The Bertz CT molecular complexity index is 903. The second kappa shape index (κ2) is 6.68. The number of hydrogen-bond acceptors (Lipinski definition) is 8. The van der Waals surface area contributed by atoms with Gasteiger partial charge in [0.2, 0.25) is 0 Å². The van der Waals surface area contributed by atoms with Crippen molar-refractivity contribution in [1.82, 2.24) is 9.55 Å². The first-order chi connectivity index (χ1) is 12.4. The molecule has 3 rings (SSSR count). The van der Waals surface area contributed by atoms with Gasteiger partial charge in [0.25, 0.3) is 5.56 Å². The summed E-state index contributed by atoms with van der Waals surface area (Å²) >= 11 is 0. The Balaban J connectivity index is 1.82. The van der Waals surface area contributed by atoms with E-state index in [1.807, 2.05) is 4.98 Å². The van der Waals surface area contributed by atoms with Crippen LogP contribution in [-0.4, -0.2) is 38.4 Å². The number of H-pyrrole nitrogens is 1. The molecule has 1 unspecified atom stereocenters. The number of carbonyl (C=O) groups excluding carboxylic acids is 1. The zero-order valence-corrected chi connectivity index (χ0v) is 13.7. The van der Waals surface area contributed by atoms with Crippen molar-refractivity contribution >= 4 is 5.97 Å². The van der Waals surface area contributed by atoms with E-state index >= 15 is 0 Å². The van der Waals surface area contributed by atoms with E-state index in [9.17, 15) is 29.9 Å². The summed E-state index contributed by atoms with van der Waals surface area (Å²) in [5, 5.41) is 29.8. The van der Waals surface area contributed by atoms with E-state index in [1.54, 1.807) is 6.07 Å². The van der Waals surface area contributed by atoms with Crippen LogP contribution in [-0.2, 0) is 20.0 Å². The van der Waals surface area contributed by atoms with E-state index < -0.39 is 41.4 Å². The molecule has 1 fully saturated rings. The van der Waals surface area contributed by atoms with Gasteiger partial charge in [0.15, 0.2) is 24.2 Å². The molecule has 1 saturated carbocycles. The molecule has 0 saturated heterocycles. The van der Waals surface area contributed by atoms with Gasteiger partial charge < -0.3 is 19.7 Å². The average Bonchev–Trinajstić information content (AvgIpc) is 3.23. The number of aliphatic hydroxyl groups excluding tert-OH is 2. The molecular weight excluding hydrogens is 346 g/mol. The van der Waals surface area contributed by atoms with Crippen LogP contribution in [0.4, 0.5) is 0 Å². The van der Waals surface area contributed by atoms with Gasteiger partial charge in [0.05, 0.1) is 5.92 Å². The van der Waals surface area contributed by atoms with Gasteiger partial charge in [-0.05, 0) is 12.8 Å². The molecule has 1 aromatic heterocycles. The number of aromatic nitrogens is 2. The molecule has 10 heteroatoms. The van der Waals surface area contributed by atoms with Crippen molar-refractivity contribution < 1.29 is 24.5 Å². The van der Waals surface area contributed by atoms with Gasteiger partial charge in [-0.1, -0.05) is 12.8 Å². The second-order valence-electron chi connectivity index (χ2n) is 6.19. The minimum absolute atomic E-state index is 0.216. The zero-order valence-electron chi connectivity index (χ0n) is 13.7. The highest BCUT2D eigenvalue weighted by molar-refractivity contribution is 5.72. The first-order valence-corrected chi connectivity index (χ1v) is 8.08. The molecule has 0 aromatic carbocycles. The Morgan fingerprint density at radius 3 is 2.77 bits per heavy atom. The third-order valence-corrected chi connectivity index (χ3v) is 4.57. The highest BCUT2D eigenvalue weighted by Crippen LogP contribution is 2.36. The summed E-state index contributed by atoms with van der Waals surface area (Å²) in [6, 6.07) is 2.60. The summed E-state index contributed by atoms with van der Waals surface area (Å²) < 4.78 is 11.1. The van der Waals surface area contributed by atoms with Gasteiger partial charge in [0.1, 0.15) is 6.07 Å². The van der Waals surface area contributed by atoms with Crippen LogP contribution in [0, 0.1) is 17.2 Å². The Kier molecular flexibility index (Phi) is 4.56. The molecule has 138 valence electrons. The Morgan fingerprint density at radius 1 is 1.46 bits per heavy atom. The summed E-state index contributed by atoms with van der Waals surface area (Å²) in [5.74, 6) is -1.71. The maximum absolute atomic E-state index is 12.0. The lowest BCUT2D eigenvalue weighted by molar-refractivity contribution is -0.149. The van der Waals surface area contributed by atoms with Crippen molar-refractivity contribution in [2.45, 2.75) is 37.5 Å². The number of nitrogens with zero attached hydrogens (tertiary/aromatic N) is 2. The molecule has 2 aliphatic rings. The number of aromatic amines is 1. The first kappa shape index (κ1) is 17.8. The quantitative estimate of drug-likeness (QED) is 0.611. The molecule has 2 heterocycles. The summed E-state index contributed by atoms with van der Waals surface area (Å²) in [5.41, 5.74) is -4.02. The lowest BCUT2D eigenvalue weighted by Crippen LogP contribution is -2.49. The molecule has 2 atom stereocenters. The standard InChI is InChI=1S/C16H17N3O7/c17-8-16(19-6-5-11(20)18-15(19)24)13(22)12(21)10(26-16)7-25-14(23)9-3-1-2-4-9/h5-6,9,13,21-22H,1-4,7H2,(H,18,20,24)/t13?,16-/m1/s1. The number of esters is 1. The van der Waals surface area contributed by atoms with Crippen LogP contribution < -0.4 is 11.2 Å². The lowest BCUT2D eigenvalue weighted by Gasteiger charge is -2.26. The van der Waals surface area contributed by atoms with E-state index in [1.165, 1.54) is 0 Å². The SMILES string of the molecule is N#C[C@@]1(n2ccc(=O)[nH]c2=O)OC(COC(=O)C2CCCC2)=C(O)C1O. The largest absolute Gasteiger partial charge is 0.506 e. The van der Waals surface area contributed by atoms with Gasteiger partial charge >= 0.3 is 17.4 Å². The topological polar surface area (TPSA) is 155 Å². The summed E-state index contributed by atoms with van der Waals surface area (Å²) in [7, 11) is 0. The Labute approximate surface area is 146 Å². The number of nitriles is 1. The monoisotopic (exact) mass is 363 g/mol. The summed E-state index contributed by atoms with van der Waals surface area (Å²) in [4.78, 5) is 37.1. The van der Waals surface area contributed by atoms with Crippen LogP contribution in [0.15, 0.2) is 33.4 Å². The smallest absolute Gasteiger partial charge is 0.332 e. The highest BCUT2D eigenvalue weighted by atomic mass is 16.6. The molecule has 0 spiro atoms. The minimum Gasteiger partial charge on any atom is -0.506 e. The fraction of sp³-hybridized carbons (Fsp3) is 0.500. The van der Waals surface area contributed by atoms with Gasteiger partial charge in [0, 0.05) is 12.3 Å². The molecule has 3 N–H and O–H groups in total. The van der Waals surface area contributed by atoms with Crippen LogP contribution in [0.1, 0.15) is 25.7 Å². The van der Waals surface area contributed by atoms with Crippen LogP contribution >= 0.6 is 0 Å². The highest BCUT2D eigenvalue weighted by Gasteiger charge is 2.53. The summed E-state index contributed by atoms with van der Waals surface area (Å²) in [6.45, 7) is -0.486. The molecule has 1 aliphatic carbocycles. The number of ether oxygens (including phenoxy) is 2. The van der Waals surface area contributed by atoms with Crippen LogP contribution in [0.3, 0.4) is 0 Å². The van der Waals surface area contributed by atoms with Crippen molar-refractivity contribution in [3.8, 4) is 6.07 Å². The predicted octanol–water partition coefficient (Wildman–Crippen LogP) is -0.393. The van der Waals surface area contributed by atoms with Gasteiger partial charge in [-0.2, -0.15) is 5.26 Å². The zero-order chi connectivity index (χ0) is 18.9. The lowest BCUT2D eigenvalue weighted by atomic mass is 10.1. The predicted molar refractivity (Wildman–Crippen MR) is 84.6 cm³/mol. The molecule has 0 radical (unpaired) electrons. The van der Waals surface area contributed by atoms with E-state index in [-0.39, 0.29) is 11.7 Å². The maximum Gasteiger partial charge on any atom is 0.332 e. The maximum atomic E-state index is 12.0. The number of carbonyl (C=O) groups is 1. The summed E-state index contributed by atoms with van der Waals surface area (Å²) in [6.07, 6.45) is 2.39. The fourth-order valence-corrected chi connectivity index (χ4v) is 3.15. The van der Waals surface area contributed by atoms with E-state index in [0.29, 0.717) is 4.57 Å². The Morgan fingerprint density at radius 2 is 2.15 bits per heavy atom. The van der Waals surface area contributed by atoms with E-state index in [4.69, 9.17) is 9.47 Å². The number of rotatable bonds is 4. The van der Waals surface area contributed by atoms with Crippen LogP contribution in [0.25, 0.3) is 0 Å². The van der Waals surface area contributed by atoms with Crippen molar-refractivity contribution in [2.75, 3.05) is 6.61 Å². The normalized spacial score (nSPS) is 25.8. The van der Waals surface area contributed by atoms with Crippen molar-refractivity contribution in [2.24, 2.45) is 5.92 Å². The average molecular weight is 363 g/mol. The number of hydrogen-bond donors (Lipinski definition) is 3. The first-order valence-electron chi connectivity index (χ1n) is 8.08. The van der Waals surface area contributed by atoms with Crippen molar-refractivity contribution in [1.29, 1.82) is 5.26 Å². The molecule has 26 heavy (non-hydrogen) atoms. The van der Waals surface area contributed by atoms with Crippen molar-refractivity contribution in [3.05, 3.63) is 44.6 Å². The van der Waals surface area contributed by atoms with E-state index in [0.717, 1.165) is 37.9 Å². The van der Waals surface area contributed by atoms with Crippen LogP contribution in [0.2, 0.25) is 0 Å². The fourth-order valence-electron chi connectivity index (χ4n) is 3.15. The number of nitrogens with one attached hydrogen (secondary N) is 1. The van der Waals surface area contributed by atoms with Gasteiger partial charge in [-0.3, -0.25) is 14.6 Å². The molecule has 1 aliphatic heterocycles. The minimum atomic E-state index is -2.32. The molecule has 10 nitrogen and oxygen atoms in total. The molecule has 0 bridgehead atoms. The molecular formula is C16H17N3O7. The Hall–Kier alpha value is -3.06. The third kappa shape index (κ3) is 2.86. The molecule has 1 aromatic rings. The third-order valence-electron chi connectivity index (χ3n) is 4.57. The van der Waals surface area contributed by atoms with Gasteiger partial charge in [-0.15, -0.1) is 0 Å². The molecule has 0 amide bonds. The van der Waals surface area contributed by atoms with Crippen LogP contribution in [0.5, 0.6) is 0 Å².